The second kappa shape index (κ2) is 11.6. The Kier molecular flexibility index (Phi) is 9.75. The monoisotopic (exact) mass is 462 g/mol. The van der Waals surface area contributed by atoms with Gasteiger partial charge in [-0.3, -0.25) is 9.98 Å². The number of nitrogens with one attached hydrogen (secondary N) is 2. The standard InChI is InChI=1S/C17H20F2N4O.HI/c1-20-17(23-11-14-6-2-3-8-21-14)22-10-13-5-4-7-15(9-13)24-12-16(18)19;/h2-9,16H,10-12H2,1H3,(H2,20,22,23);1H. The molecule has 0 aliphatic rings. The van der Waals surface area contributed by atoms with E-state index in [0.717, 1.165) is 11.3 Å². The van der Waals surface area contributed by atoms with Gasteiger partial charge in [0.15, 0.2) is 5.96 Å². The largest absolute Gasteiger partial charge is 0.488 e. The zero-order valence-corrected chi connectivity index (χ0v) is 16.1. The van der Waals surface area contributed by atoms with Crippen molar-refractivity contribution in [3.05, 3.63) is 59.9 Å². The normalized spacial score (nSPS) is 11.0. The topological polar surface area (TPSA) is 58.5 Å². The van der Waals surface area contributed by atoms with E-state index < -0.39 is 13.0 Å². The summed E-state index contributed by atoms with van der Waals surface area (Å²) in [5.74, 6) is 1.05. The van der Waals surface area contributed by atoms with E-state index in [1.165, 1.54) is 0 Å². The Bertz CT molecular complexity index is 656. The van der Waals surface area contributed by atoms with Gasteiger partial charge < -0.3 is 15.4 Å². The van der Waals surface area contributed by atoms with Crippen LogP contribution in [0.3, 0.4) is 0 Å². The van der Waals surface area contributed by atoms with Crippen LogP contribution in [0, 0.1) is 0 Å². The number of rotatable bonds is 7. The number of hydrogen-bond donors (Lipinski definition) is 2. The number of nitrogens with zero attached hydrogens (tertiary/aromatic N) is 2. The van der Waals surface area contributed by atoms with Crippen molar-refractivity contribution < 1.29 is 13.5 Å². The minimum absolute atomic E-state index is 0. The Morgan fingerprint density at radius 3 is 2.64 bits per heavy atom. The number of alkyl halides is 2. The van der Waals surface area contributed by atoms with E-state index in [-0.39, 0.29) is 24.0 Å². The van der Waals surface area contributed by atoms with Gasteiger partial charge in [0.1, 0.15) is 12.4 Å². The molecule has 0 fully saturated rings. The summed E-state index contributed by atoms with van der Waals surface area (Å²) in [4.78, 5) is 8.36. The van der Waals surface area contributed by atoms with Crippen LogP contribution >= 0.6 is 24.0 Å². The van der Waals surface area contributed by atoms with E-state index in [1.807, 2.05) is 24.3 Å². The first-order valence-corrected chi connectivity index (χ1v) is 7.51. The molecule has 8 heteroatoms. The van der Waals surface area contributed by atoms with E-state index >= 15 is 0 Å². The highest BCUT2D eigenvalue weighted by molar-refractivity contribution is 14.0. The third kappa shape index (κ3) is 8.10. The van der Waals surface area contributed by atoms with E-state index in [9.17, 15) is 8.78 Å². The number of hydrogen-bond acceptors (Lipinski definition) is 3. The first-order chi connectivity index (χ1) is 11.7. The summed E-state index contributed by atoms with van der Waals surface area (Å²) in [5.41, 5.74) is 1.81. The molecule has 0 bridgehead atoms. The number of pyridine rings is 1. The van der Waals surface area contributed by atoms with Crippen LogP contribution in [0.5, 0.6) is 5.75 Å². The van der Waals surface area contributed by atoms with Gasteiger partial charge in [0.25, 0.3) is 6.43 Å². The first-order valence-electron chi connectivity index (χ1n) is 7.51. The lowest BCUT2D eigenvalue weighted by molar-refractivity contribution is 0.0818. The van der Waals surface area contributed by atoms with Crippen LogP contribution in [0.2, 0.25) is 0 Å². The minimum atomic E-state index is -2.48. The summed E-state index contributed by atoms with van der Waals surface area (Å²) < 4.78 is 29.4. The van der Waals surface area contributed by atoms with Gasteiger partial charge in [-0.2, -0.15) is 0 Å². The highest BCUT2D eigenvalue weighted by Crippen LogP contribution is 2.14. The predicted octanol–water partition coefficient (Wildman–Crippen LogP) is 3.21. The van der Waals surface area contributed by atoms with Gasteiger partial charge in [0.2, 0.25) is 0 Å². The number of benzene rings is 1. The van der Waals surface area contributed by atoms with Crippen molar-refractivity contribution in [1.29, 1.82) is 0 Å². The van der Waals surface area contributed by atoms with Crippen LogP contribution in [0.1, 0.15) is 11.3 Å². The molecule has 25 heavy (non-hydrogen) atoms. The Labute approximate surface area is 162 Å². The van der Waals surface area contributed by atoms with Gasteiger partial charge >= 0.3 is 0 Å². The molecule has 2 N–H and O–H groups in total. The molecule has 0 atom stereocenters. The lowest BCUT2D eigenvalue weighted by atomic mass is 10.2. The summed E-state index contributed by atoms with van der Waals surface area (Å²) in [6, 6.07) is 12.7. The fraction of sp³-hybridized carbons (Fsp3) is 0.294. The van der Waals surface area contributed by atoms with Crippen LogP contribution in [0.25, 0.3) is 0 Å². The summed E-state index contributed by atoms with van der Waals surface area (Å²) >= 11 is 0. The van der Waals surface area contributed by atoms with Crippen LogP contribution < -0.4 is 15.4 Å². The van der Waals surface area contributed by atoms with E-state index in [4.69, 9.17) is 4.74 Å². The smallest absolute Gasteiger partial charge is 0.272 e. The highest BCUT2D eigenvalue weighted by atomic mass is 127. The van der Waals surface area contributed by atoms with Crippen molar-refractivity contribution in [2.45, 2.75) is 19.5 Å². The van der Waals surface area contributed by atoms with Crippen molar-refractivity contribution in [3.8, 4) is 5.75 Å². The molecular formula is C17H21F2IN4O. The summed E-state index contributed by atoms with van der Waals surface area (Å²) in [7, 11) is 1.68. The molecule has 136 valence electrons. The van der Waals surface area contributed by atoms with Gasteiger partial charge in [-0.15, -0.1) is 24.0 Å². The number of ether oxygens (including phenoxy) is 1. The fourth-order valence-corrected chi connectivity index (χ4v) is 1.99. The maximum Gasteiger partial charge on any atom is 0.272 e. The zero-order chi connectivity index (χ0) is 17.2. The predicted molar refractivity (Wildman–Crippen MR) is 105 cm³/mol. The van der Waals surface area contributed by atoms with Crippen LogP contribution in [-0.4, -0.2) is 31.0 Å². The maximum absolute atomic E-state index is 12.2. The molecule has 0 unspecified atom stereocenters. The quantitative estimate of drug-likeness (QED) is 0.377. The molecule has 0 radical (unpaired) electrons. The molecule has 0 saturated carbocycles. The third-order valence-corrected chi connectivity index (χ3v) is 3.12. The second-order valence-corrected chi connectivity index (χ2v) is 4.95. The average molecular weight is 462 g/mol. The van der Waals surface area contributed by atoms with E-state index in [2.05, 4.69) is 20.6 Å². The van der Waals surface area contributed by atoms with Gasteiger partial charge in [-0.25, -0.2) is 8.78 Å². The molecule has 1 aromatic heterocycles. The molecule has 5 nitrogen and oxygen atoms in total. The molecule has 0 amide bonds. The molecule has 1 aromatic carbocycles. The SMILES string of the molecule is CN=C(NCc1cccc(OCC(F)F)c1)NCc1ccccn1.I. The van der Waals surface area contributed by atoms with E-state index in [1.54, 1.807) is 31.4 Å². The third-order valence-electron chi connectivity index (χ3n) is 3.12. The molecule has 1 heterocycles. The Morgan fingerprint density at radius 1 is 1.16 bits per heavy atom. The number of guanidine groups is 1. The van der Waals surface area contributed by atoms with Gasteiger partial charge in [0, 0.05) is 19.8 Å². The van der Waals surface area contributed by atoms with Gasteiger partial charge in [-0.1, -0.05) is 18.2 Å². The van der Waals surface area contributed by atoms with Crippen LogP contribution in [-0.2, 0) is 13.1 Å². The first kappa shape index (κ1) is 21.1. The molecule has 0 aliphatic carbocycles. The molecule has 2 rings (SSSR count). The summed E-state index contributed by atoms with van der Waals surface area (Å²) in [6.07, 6.45) is -0.751. The average Bonchev–Trinajstić information content (AvgIpc) is 2.61. The Morgan fingerprint density at radius 2 is 1.96 bits per heavy atom. The minimum Gasteiger partial charge on any atom is -0.488 e. The Balaban J connectivity index is 0.00000312. The molecule has 0 spiro atoms. The highest BCUT2D eigenvalue weighted by Gasteiger charge is 2.05. The van der Waals surface area contributed by atoms with Crippen molar-refractivity contribution >= 4 is 29.9 Å². The van der Waals surface area contributed by atoms with Crippen molar-refractivity contribution in [2.24, 2.45) is 4.99 Å². The lowest BCUT2D eigenvalue weighted by Crippen LogP contribution is -2.36. The van der Waals surface area contributed by atoms with Crippen molar-refractivity contribution in [2.75, 3.05) is 13.7 Å². The van der Waals surface area contributed by atoms with Gasteiger partial charge in [-0.05, 0) is 29.8 Å². The summed E-state index contributed by atoms with van der Waals surface area (Å²) in [6.45, 7) is 0.440. The second-order valence-electron chi connectivity index (χ2n) is 4.95. The lowest BCUT2D eigenvalue weighted by Gasteiger charge is -2.12. The molecular weight excluding hydrogens is 441 g/mol. The number of halogens is 3. The van der Waals surface area contributed by atoms with Crippen molar-refractivity contribution in [3.63, 3.8) is 0 Å². The molecule has 0 saturated heterocycles. The van der Waals surface area contributed by atoms with E-state index in [0.29, 0.717) is 24.8 Å². The maximum atomic E-state index is 12.2. The fourth-order valence-electron chi connectivity index (χ4n) is 1.99. The molecule has 0 aliphatic heterocycles. The zero-order valence-electron chi connectivity index (χ0n) is 13.8. The van der Waals surface area contributed by atoms with Crippen LogP contribution in [0.4, 0.5) is 8.78 Å². The van der Waals surface area contributed by atoms with Crippen LogP contribution in [0.15, 0.2) is 53.7 Å². The number of aliphatic imine (C=N–C) groups is 1. The Hall–Kier alpha value is -1.97. The van der Waals surface area contributed by atoms with Gasteiger partial charge in [0.05, 0.1) is 12.2 Å². The molecule has 2 aromatic rings. The van der Waals surface area contributed by atoms with Crippen molar-refractivity contribution in [1.82, 2.24) is 15.6 Å². The number of aromatic nitrogens is 1. The summed E-state index contributed by atoms with van der Waals surface area (Å²) in [5, 5.41) is 6.31.